The Kier molecular flexibility index (Phi) is 4.23. The van der Waals surface area contributed by atoms with Gasteiger partial charge < -0.3 is 4.90 Å². The second-order valence-electron chi connectivity index (χ2n) is 4.57. The Morgan fingerprint density at radius 3 is 2.52 bits per heavy atom. The molecule has 2 aromatic rings. The molecule has 2 aromatic carbocycles. The molecule has 0 fully saturated rings. The van der Waals surface area contributed by atoms with Crippen LogP contribution in [0, 0.1) is 17.0 Å². The molecule has 2 rings (SSSR count). The normalized spacial score (nSPS) is 10.2. The van der Waals surface area contributed by atoms with Crippen molar-refractivity contribution in [1.29, 1.82) is 0 Å². The highest BCUT2D eigenvalue weighted by molar-refractivity contribution is 6.31. The number of aryl methyl sites for hydroxylation is 1. The topological polar surface area (TPSA) is 63.5 Å². The number of hydrogen-bond acceptors (Lipinski definition) is 3. The molecule has 0 aliphatic carbocycles. The summed E-state index contributed by atoms with van der Waals surface area (Å²) in [6.07, 6.45) is 0. The van der Waals surface area contributed by atoms with Crippen LogP contribution in [0.5, 0.6) is 0 Å². The summed E-state index contributed by atoms with van der Waals surface area (Å²) in [5, 5.41) is 11.3. The van der Waals surface area contributed by atoms with Gasteiger partial charge in [-0.25, -0.2) is 0 Å². The lowest BCUT2D eigenvalue weighted by molar-refractivity contribution is -0.385. The third-order valence-electron chi connectivity index (χ3n) is 3.17. The molecule has 0 aliphatic heterocycles. The van der Waals surface area contributed by atoms with E-state index in [-0.39, 0.29) is 16.3 Å². The lowest BCUT2D eigenvalue weighted by atomic mass is 10.1. The van der Waals surface area contributed by atoms with Crippen molar-refractivity contribution in [2.75, 3.05) is 11.9 Å². The first-order chi connectivity index (χ1) is 9.91. The zero-order valence-electron chi connectivity index (χ0n) is 11.5. The Hall–Kier alpha value is -2.40. The van der Waals surface area contributed by atoms with Crippen LogP contribution in [-0.2, 0) is 0 Å². The van der Waals surface area contributed by atoms with Crippen molar-refractivity contribution in [2.24, 2.45) is 0 Å². The molecule has 6 heteroatoms. The third-order valence-corrected chi connectivity index (χ3v) is 3.40. The number of nitro benzene ring substituents is 1. The van der Waals surface area contributed by atoms with E-state index in [4.69, 9.17) is 11.6 Å². The van der Waals surface area contributed by atoms with Gasteiger partial charge in [-0.2, -0.15) is 0 Å². The maximum Gasteiger partial charge on any atom is 0.282 e. The van der Waals surface area contributed by atoms with E-state index in [9.17, 15) is 14.9 Å². The van der Waals surface area contributed by atoms with E-state index in [1.807, 2.05) is 19.1 Å². The molecule has 0 radical (unpaired) electrons. The zero-order chi connectivity index (χ0) is 15.6. The molecule has 0 spiro atoms. The average Bonchev–Trinajstić information content (AvgIpc) is 2.45. The molecule has 0 unspecified atom stereocenters. The summed E-state index contributed by atoms with van der Waals surface area (Å²) < 4.78 is 0. The first-order valence-corrected chi connectivity index (χ1v) is 6.57. The molecule has 108 valence electrons. The van der Waals surface area contributed by atoms with Crippen LogP contribution in [-0.4, -0.2) is 17.9 Å². The van der Waals surface area contributed by atoms with Crippen molar-refractivity contribution in [2.45, 2.75) is 6.92 Å². The van der Waals surface area contributed by atoms with E-state index in [0.29, 0.717) is 5.69 Å². The number of hydrogen-bond donors (Lipinski definition) is 0. The van der Waals surface area contributed by atoms with Crippen molar-refractivity contribution >= 4 is 28.9 Å². The number of halogens is 1. The van der Waals surface area contributed by atoms with Gasteiger partial charge in [-0.3, -0.25) is 14.9 Å². The molecule has 0 atom stereocenters. The number of nitrogens with zero attached hydrogens (tertiary/aromatic N) is 2. The van der Waals surface area contributed by atoms with Crippen molar-refractivity contribution in [3.8, 4) is 0 Å². The highest BCUT2D eigenvalue weighted by Gasteiger charge is 2.24. The summed E-state index contributed by atoms with van der Waals surface area (Å²) in [4.78, 5) is 24.4. The van der Waals surface area contributed by atoms with Crippen LogP contribution in [0.3, 0.4) is 0 Å². The standard InChI is InChI=1S/C15H13ClN2O3/c1-10-5-3-4-6-13(10)17(2)15(19)12-9-11(16)7-8-14(12)18(20)21/h3-9H,1-2H3. The van der Waals surface area contributed by atoms with Gasteiger partial charge in [0.1, 0.15) is 5.56 Å². The Balaban J connectivity index is 2.47. The van der Waals surface area contributed by atoms with E-state index >= 15 is 0 Å². The zero-order valence-corrected chi connectivity index (χ0v) is 12.3. The SMILES string of the molecule is Cc1ccccc1N(C)C(=O)c1cc(Cl)ccc1[N+](=O)[O-]. The number of rotatable bonds is 3. The number of anilines is 1. The van der Waals surface area contributed by atoms with Crippen LogP contribution in [0.1, 0.15) is 15.9 Å². The molecule has 0 saturated heterocycles. The first kappa shape index (κ1) is 15.0. The molecule has 0 aromatic heterocycles. The second kappa shape index (κ2) is 5.93. The summed E-state index contributed by atoms with van der Waals surface area (Å²) in [6, 6.07) is 11.3. The number of amides is 1. The molecule has 0 aliphatic rings. The minimum atomic E-state index is -0.588. The third kappa shape index (κ3) is 3.03. The molecule has 1 amide bonds. The Bertz CT molecular complexity index is 716. The molecule has 5 nitrogen and oxygen atoms in total. The molecule has 0 N–H and O–H groups in total. The van der Waals surface area contributed by atoms with E-state index in [2.05, 4.69) is 0 Å². The van der Waals surface area contributed by atoms with Crippen molar-refractivity contribution in [3.63, 3.8) is 0 Å². The number of benzene rings is 2. The maximum absolute atomic E-state index is 12.5. The monoisotopic (exact) mass is 304 g/mol. The minimum Gasteiger partial charge on any atom is -0.311 e. The maximum atomic E-state index is 12.5. The average molecular weight is 305 g/mol. The highest BCUT2D eigenvalue weighted by atomic mass is 35.5. The van der Waals surface area contributed by atoms with Crippen molar-refractivity contribution < 1.29 is 9.72 Å². The van der Waals surface area contributed by atoms with Crippen molar-refractivity contribution in [3.05, 3.63) is 68.7 Å². The van der Waals surface area contributed by atoms with Crippen LogP contribution >= 0.6 is 11.6 Å². The molecule has 0 heterocycles. The van der Waals surface area contributed by atoms with Gasteiger partial charge in [0, 0.05) is 23.8 Å². The Morgan fingerprint density at radius 2 is 1.90 bits per heavy atom. The predicted octanol–water partition coefficient (Wildman–Crippen LogP) is 3.83. The van der Waals surface area contributed by atoms with E-state index in [1.165, 1.54) is 23.1 Å². The number of nitro groups is 1. The largest absolute Gasteiger partial charge is 0.311 e. The number of carbonyl (C=O) groups excluding carboxylic acids is 1. The van der Waals surface area contributed by atoms with Crippen LogP contribution in [0.15, 0.2) is 42.5 Å². The predicted molar refractivity (Wildman–Crippen MR) is 82.0 cm³/mol. The minimum absolute atomic E-state index is 0.0294. The van der Waals surface area contributed by atoms with E-state index < -0.39 is 10.8 Å². The van der Waals surface area contributed by atoms with Crippen LogP contribution in [0.25, 0.3) is 0 Å². The molecular formula is C15H13ClN2O3. The van der Waals surface area contributed by atoms with E-state index in [1.54, 1.807) is 19.2 Å². The fourth-order valence-corrected chi connectivity index (χ4v) is 2.24. The first-order valence-electron chi connectivity index (χ1n) is 6.19. The van der Waals surface area contributed by atoms with Gasteiger partial charge in [0.2, 0.25) is 0 Å². The quantitative estimate of drug-likeness (QED) is 0.639. The Labute approximate surface area is 126 Å². The van der Waals surface area contributed by atoms with Gasteiger partial charge in [0.25, 0.3) is 11.6 Å². The van der Waals surface area contributed by atoms with Crippen LogP contribution in [0.2, 0.25) is 5.02 Å². The van der Waals surface area contributed by atoms with Gasteiger partial charge in [-0.15, -0.1) is 0 Å². The second-order valence-corrected chi connectivity index (χ2v) is 5.01. The summed E-state index contributed by atoms with van der Waals surface area (Å²) in [5.74, 6) is -0.474. The summed E-state index contributed by atoms with van der Waals surface area (Å²) in [7, 11) is 1.58. The lowest BCUT2D eigenvalue weighted by Gasteiger charge is -2.19. The van der Waals surface area contributed by atoms with Gasteiger partial charge in [-0.05, 0) is 30.7 Å². The molecule has 21 heavy (non-hydrogen) atoms. The van der Waals surface area contributed by atoms with Crippen molar-refractivity contribution in [1.82, 2.24) is 0 Å². The van der Waals surface area contributed by atoms with Gasteiger partial charge in [-0.1, -0.05) is 29.8 Å². The summed E-state index contributed by atoms with van der Waals surface area (Å²) in [5.41, 5.74) is 1.30. The van der Waals surface area contributed by atoms with E-state index in [0.717, 1.165) is 5.56 Å². The fourth-order valence-electron chi connectivity index (χ4n) is 2.07. The smallest absolute Gasteiger partial charge is 0.282 e. The molecule has 0 bridgehead atoms. The highest BCUT2D eigenvalue weighted by Crippen LogP contribution is 2.26. The number of carbonyl (C=O) groups is 1. The Morgan fingerprint density at radius 1 is 1.24 bits per heavy atom. The number of para-hydroxylation sites is 1. The lowest BCUT2D eigenvalue weighted by Crippen LogP contribution is -2.27. The molecule has 0 saturated carbocycles. The van der Waals surface area contributed by atoms with Crippen LogP contribution in [0.4, 0.5) is 11.4 Å². The van der Waals surface area contributed by atoms with Gasteiger partial charge >= 0.3 is 0 Å². The summed E-state index contributed by atoms with van der Waals surface area (Å²) >= 11 is 5.85. The van der Waals surface area contributed by atoms with Gasteiger partial charge in [0.15, 0.2) is 0 Å². The summed E-state index contributed by atoms with van der Waals surface area (Å²) in [6.45, 7) is 1.87. The fraction of sp³-hybridized carbons (Fsp3) is 0.133. The van der Waals surface area contributed by atoms with Gasteiger partial charge in [0.05, 0.1) is 4.92 Å². The van der Waals surface area contributed by atoms with Crippen LogP contribution < -0.4 is 4.90 Å². The molecular weight excluding hydrogens is 292 g/mol.